The Hall–Kier alpha value is -0.650. The number of carbonyl (C=O) groups is 1. The Labute approximate surface area is 111 Å². The number of aliphatic carboxylic acids is 1. The lowest BCUT2D eigenvalue weighted by atomic mass is 10.2. The van der Waals surface area contributed by atoms with Gasteiger partial charge in [-0.2, -0.15) is 0 Å². The predicted octanol–water partition coefficient (Wildman–Crippen LogP) is 0.713. The van der Waals surface area contributed by atoms with Crippen molar-refractivity contribution in [2.45, 2.75) is 32.7 Å². The summed E-state index contributed by atoms with van der Waals surface area (Å²) in [5, 5.41) is 12.1. The zero-order valence-electron chi connectivity index (χ0n) is 12.3. The molecule has 5 heteroatoms. The van der Waals surface area contributed by atoms with Gasteiger partial charge in [-0.3, -0.25) is 4.79 Å². The van der Waals surface area contributed by atoms with Crippen molar-refractivity contribution in [1.29, 1.82) is 0 Å². The van der Waals surface area contributed by atoms with E-state index >= 15 is 0 Å². The standard InChI is InChI=1S/C13H29N3O2/c1-5-8-16(11-10-15(3)4)9-7-12(13(17)18)14-6-2/h12,14H,5-11H2,1-4H3,(H,17,18). The van der Waals surface area contributed by atoms with Gasteiger partial charge in [-0.25, -0.2) is 0 Å². The number of hydrogen-bond donors (Lipinski definition) is 2. The van der Waals surface area contributed by atoms with Gasteiger partial charge in [0, 0.05) is 19.6 Å². The molecule has 0 aliphatic heterocycles. The van der Waals surface area contributed by atoms with E-state index in [2.05, 4.69) is 36.1 Å². The summed E-state index contributed by atoms with van der Waals surface area (Å²) in [6.07, 6.45) is 1.77. The van der Waals surface area contributed by atoms with Crippen LogP contribution in [0.15, 0.2) is 0 Å². The van der Waals surface area contributed by atoms with Crippen LogP contribution in [0, 0.1) is 0 Å². The number of rotatable bonds is 11. The average molecular weight is 259 g/mol. The largest absolute Gasteiger partial charge is 0.480 e. The van der Waals surface area contributed by atoms with Crippen molar-refractivity contribution >= 4 is 5.97 Å². The molecule has 0 aliphatic rings. The number of likely N-dealkylation sites (N-methyl/N-ethyl adjacent to an activating group) is 2. The molecule has 0 radical (unpaired) electrons. The first-order valence-corrected chi connectivity index (χ1v) is 6.84. The molecule has 0 bridgehead atoms. The van der Waals surface area contributed by atoms with E-state index in [1.165, 1.54) is 0 Å². The van der Waals surface area contributed by atoms with Gasteiger partial charge < -0.3 is 20.2 Å². The van der Waals surface area contributed by atoms with Crippen LogP contribution in [0.25, 0.3) is 0 Å². The van der Waals surface area contributed by atoms with Gasteiger partial charge in [-0.15, -0.1) is 0 Å². The van der Waals surface area contributed by atoms with Crippen molar-refractivity contribution in [2.75, 3.05) is 46.8 Å². The topological polar surface area (TPSA) is 55.8 Å². The Bertz CT molecular complexity index is 222. The molecule has 0 aromatic rings. The third kappa shape index (κ3) is 8.44. The maximum atomic E-state index is 11.0. The first-order chi connectivity index (χ1) is 8.51. The van der Waals surface area contributed by atoms with Gasteiger partial charge in [-0.1, -0.05) is 13.8 Å². The van der Waals surface area contributed by atoms with Crippen LogP contribution in [0.2, 0.25) is 0 Å². The molecule has 0 heterocycles. The van der Waals surface area contributed by atoms with E-state index in [4.69, 9.17) is 5.11 Å². The number of carboxylic acid groups (broad SMARTS) is 1. The Morgan fingerprint density at radius 2 is 1.83 bits per heavy atom. The summed E-state index contributed by atoms with van der Waals surface area (Å²) in [5.74, 6) is -0.749. The molecule has 0 fully saturated rings. The third-order valence-corrected chi connectivity index (χ3v) is 2.89. The Morgan fingerprint density at radius 1 is 1.17 bits per heavy atom. The molecule has 0 spiro atoms. The summed E-state index contributed by atoms with van der Waals surface area (Å²) in [4.78, 5) is 15.5. The lowest BCUT2D eigenvalue weighted by Gasteiger charge is -2.25. The van der Waals surface area contributed by atoms with Crippen molar-refractivity contribution in [3.63, 3.8) is 0 Å². The first-order valence-electron chi connectivity index (χ1n) is 6.84. The first kappa shape index (κ1) is 17.4. The minimum atomic E-state index is -0.749. The summed E-state index contributed by atoms with van der Waals surface area (Å²) in [6.45, 7) is 8.67. The van der Waals surface area contributed by atoms with Crippen molar-refractivity contribution < 1.29 is 9.90 Å². The van der Waals surface area contributed by atoms with Crippen LogP contribution >= 0.6 is 0 Å². The van der Waals surface area contributed by atoms with Gasteiger partial charge in [0.2, 0.25) is 0 Å². The van der Waals surface area contributed by atoms with E-state index in [-0.39, 0.29) is 0 Å². The number of nitrogens with zero attached hydrogens (tertiary/aromatic N) is 2. The van der Waals surface area contributed by atoms with Crippen molar-refractivity contribution in [3.05, 3.63) is 0 Å². The zero-order valence-corrected chi connectivity index (χ0v) is 12.3. The summed E-state index contributed by atoms with van der Waals surface area (Å²) >= 11 is 0. The molecule has 5 nitrogen and oxygen atoms in total. The Morgan fingerprint density at radius 3 is 2.28 bits per heavy atom. The fraction of sp³-hybridized carbons (Fsp3) is 0.923. The Balaban J connectivity index is 4.09. The molecular weight excluding hydrogens is 230 g/mol. The molecule has 0 aliphatic carbocycles. The molecule has 0 aromatic heterocycles. The maximum Gasteiger partial charge on any atom is 0.320 e. The highest BCUT2D eigenvalue weighted by Gasteiger charge is 2.17. The van der Waals surface area contributed by atoms with Crippen molar-refractivity contribution in [3.8, 4) is 0 Å². The zero-order chi connectivity index (χ0) is 14.0. The SMILES string of the molecule is CCCN(CCC(NCC)C(=O)O)CCN(C)C. The van der Waals surface area contributed by atoms with Gasteiger partial charge >= 0.3 is 5.97 Å². The third-order valence-electron chi connectivity index (χ3n) is 2.89. The maximum absolute atomic E-state index is 11.0. The van der Waals surface area contributed by atoms with E-state index in [0.29, 0.717) is 13.0 Å². The fourth-order valence-corrected chi connectivity index (χ4v) is 1.86. The number of carboxylic acids is 1. The molecule has 2 N–H and O–H groups in total. The van der Waals surface area contributed by atoms with E-state index in [0.717, 1.165) is 32.6 Å². The van der Waals surface area contributed by atoms with Gasteiger partial charge in [0.1, 0.15) is 6.04 Å². The molecule has 0 rings (SSSR count). The van der Waals surface area contributed by atoms with E-state index in [1.54, 1.807) is 0 Å². The highest BCUT2D eigenvalue weighted by molar-refractivity contribution is 5.73. The molecule has 0 saturated heterocycles. The van der Waals surface area contributed by atoms with Crippen molar-refractivity contribution in [2.24, 2.45) is 0 Å². The lowest BCUT2D eigenvalue weighted by molar-refractivity contribution is -0.139. The lowest BCUT2D eigenvalue weighted by Crippen LogP contribution is -2.41. The monoisotopic (exact) mass is 259 g/mol. The second-order valence-electron chi connectivity index (χ2n) is 4.88. The van der Waals surface area contributed by atoms with Crippen LogP contribution in [-0.2, 0) is 4.79 Å². The predicted molar refractivity (Wildman–Crippen MR) is 75.0 cm³/mol. The molecule has 1 unspecified atom stereocenters. The van der Waals surface area contributed by atoms with Gasteiger partial charge in [0.25, 0.3) is 0 Å². The number of nitrogens with one attached hydrogen (secondary N) is 1. The summed E-state index contributed by atoms with van der Waals surface area (Å²) in [5.41, 5.74) is 0. The van der Waals surface area contributed by atoms with Crippen LogP contribution in [0.4, 0.5) is 0 Å². The minimum absolute atomic E-state index is 0.422. The molecule has 1 atom stereocenters. The van der Waals surface area contributed by atoms with Gasteiger partial charge in [-0.05, 0) is 40.0 Å². The normalized spacial score (nSPS) is 13.2. The number of hydrogen-bond acceptors (Lipinski definition) is 4. The molecular formula is C13H29N3O2. The molecule has 0 saturated carbocycles. The molecule has 18 heavy (non-hydrogen) atoms. The quantitative estimate of drug-likeness (QED) is 0.572. The van der Waals surface area contributed by atoms with E-state index < -0.39 is 12.0 Å². The molecule has 108 valence electrons. The second-order valence-corrected chi connectivity index (χ2v) is 4.88. The average Bonchev–Trinajstić information content (AvgIpc) is 2.30. The molecule has 0 aromatic carbocycles. The smallest absolute Gasteiger partial charge is 0.320 e. The fourth-order valence-electron chi connectivity index (χ4n) is 1.86. The van der Waals surface area contributed by atoms with Crippen LogP contribution < -0.4 is 5.32 Å². The highest BCUT2D eigenvalue weighted by atomic mass is 16.4. The summed E-state index contributed by atoms with van der Waals surface area (Å²) in [6, 6.07) is -0.422. The molecule has 0 amide bonds. The minimum Gasteiger partial charge on any atom is -0.480 e. The van der Waals surface area contributed by atoms with Gasteiger partial charge in [0.05, 0.1) is 0 Å². The van der Waals surface area contributed by atoms with Crippen LogP contribution in [0.1, 0.15) is 26.7 Å². The van der Waals surface area contributed by atoms with E-state index in [9.17, 15) is 4.79 Å². The van der Waals surface area contributed by atoms with Crippen molar-refractivity contribution in [1.82, 2.24) is 15.1 Å². The van der Waals surface area contributed by atoms with Crippen LogP contribution in [0.3, 0.4) is 0 Å². The Kier molecular flexibility index (Phi) is 9.92. The van der Waals surface area contributed by atoms with Crippen LogP contribution in [-0.4, -0.2) is 73.7 Å². The highest BCUT2D eigenvalue weighted by Crippen LogP contribution is 1.99. The second kappa shape index (κ2) is 10.3. The van der Waals surface area contributed by atoms with Crippen LogP contribution in [0.5, 0.6) is 0 Å². The summed E-state index contributed by atoms with van der Waals surface area (Å²) < 4.78 is 0. The van der Waals surface area contributed by atoms with Gasteiger partial charge in [0.15, 0.2) is 0 Å². The summed E-state index contributed by atoms with van der Waals surface area (Å²) in [7, 11) is 4.12. The van der Waals surface area contributed by atoms with E-state index in [1.807, 2.05) is 6.92 Å².